The van der Waals surface area contributed by atoms with Crippen molar-refractivity contribution in [3.63, 3.8) is 0 Å². The Labute approximate surface area is 119 Å². The molecule has 0 fully saturated rings. The topological polar surface area (TPSA) is 69.6 Å². The number of phenolic OH excluding ortho intramolecular Hbond substituents is 1. The van der Waals surface area contributed by atoms with E-state index in [0.29, 0.717) is 0 Å². The van der Waals surface area contributed by atoms with Crippen LogP contribution < -0.4 is 5.32 Å². The van der Waals surface area contributed by atoms with Crippen molar-refractivity contribution in [3.05, 3.63) is 59.7 Å². The Balaban J connectivity index is 2.01. The minimum Gasteiger partial charge on any atom is -0.508 e. The lowest BCUT2D eigenvalue weighted by atomic mass is 10.1. The zero-order valence-corrected chi connectivity index (χ0v) is 10.9. The molecule has 0 saturated heterocycles. The Morgan fingerprint density at radius 2 is 1.95 bits per heavy atom. The predicted octanol–water partition coefficient (Wildman–Crippen LogP) is 2.73. The third-order valence-corrected chi connectivity index (χ3v) is 2.84. The molecule has 1 atom stereocenters. The fourth-order valence-electron chi connectivity index (χ4n) is 1.81. The smallest absolute Gasteiger partial charge is 0.227 e. The number of aliphatic hydroxyl groups excluding tert-OH is 1. The van der Waals surface area contributed by atoms with Crippen LogP contribution in [0.3, 0.4) is 0 Å². The number of anilines is 1. The van der Waals surface area contributed by atoms with Gasteiger partial charge < -0.3 is 15.5 Å². The Kier molecular flexibility index (Phi) is 4.49. The number of aliphatic hydroxyl groups is 1. The molecule has 110 valence electrons. The van der Waals surface area contributed by atoms with E-state index in [-0.39, 0.29) is 23.4 Å². The van der Waals surface area contributed by atoms with Gasteiger partial charge in [-0.25, -0.2) is 8.78 Å². The number of halogens is 2. The van der Waals surface area contributed by atoms with Crippen molar-refractivity contribution in [2.75, 3.05) is 5.32 Å². The van der Waals surface area contributed by atoms with Crippen LogP contribution in [0.15, 0.2) is 42.5 Å². The minimum atomic E-state index is -1.19. The van der Waals surface area contributed by atoms with E-state index in [4.69, 9.17) is 5.11 Å². The molecule has 0 aromatic heterocycles. The average Bonchev–Trinajstić information content (AvgIpc) is 2.42. The minimum absolute atomic E-state index is 0.107. The second kappa shape index (κ2) is 6.32. The summed E-state index contributed by atoms with van der Waals surface area (Å²) in [7, 11) is 0. The van der Waals surface area contributed by atoms with Crippen molar-refractivity contribution in [2.45, 2.75) is 12.5 Å². The van der Waals surface area contributed by atoms with Crippen LogP contribution >= 0.6 is 0 Å². The highest BCUT2D eigenvalue weighted by atomic mass is 19.1. The van der Waals surface area contributed by atoms with Gasteiger partial charge in [-0.3, -0.25) is 4.79 Å². The molecule has 0 heterocycles. The quantitative estimate of drug-likeness (QED) is 0.759. The molecule has 0 aliphatic rings. The van der Waals surface area contributed by atoms with Crippen LogP contribution in [0.1, 0.15) is 18.1 Å². The van der Waals surface area contributed by atoms with Gasteiger partial charge in [-0.05, 0) is 29.8 Å². The van der Waals surface area contributed by atoms with Crippen molar-refractivity contribution in [3.8, 4) is 5.75 Å². The number of aromatic hydroxyl groups is 1. The largest absolute Gasteiger partial charge is 0.508 e. The number of benzene rings is 2. The molecular formula is C15H13F2NO3. The molecule has 0 aliphatic carbocycles. The zero-order chi connectivity index (χ0) is 15.4. The molecule has 0 bridgehead atoms. The Bertz CT molecular complexity index is 661. The van der Waals surface area contributed by atoms with Crippen LogP contribution in [-0.4, -0.2) is 16.1 Å². The molecule has 2 aromatic carbocycles. The maximum atomic E-state index is 13.4. The summed E-state index contributed by atoms with van der Waals surface area (Å²) in [5.41, 5.74) is 0.153. The Morgan fingerprint density at radius 3 is 2.62 bits per heavy atom. The molecule has 3 N–H and O–H groups in total. The van der Waals surface area contributed by atoms with Gasteiger partial charge >= 0.3 is 0 Å². The van der Waals surface area contributed by atoms with Gasteiger partial charge in [-0.1, -0.05) is 12.1 Å². The van der Waals surface area contributed by atoms with Crippen LogP contribution in [0.25, 0.3) is 0 Å². The molecular weight excluding hydrogens is 280 g/mol. The first kappa shape index (κ1) is 14.9. The molecule has 4 nitrogen and oxygen atoms in total. The van der Waals surface area contributed by atoms with Crippen molar-refractivity contribution in [1.29, 1.82) is 0 Å². The molecule has 0 spiro atoms. The van der Waals surface area contributed by atoms with E-state index in [9.17, 15) is 18.7 Å². The number of hydrogen-bond donors (Lipinski definition) is 3. The summed E-state index contributed by atoms with van der Waals surface area (Å²) >= 11 is 0. The molecule has 6 heteroatoms. The van der Waals surface area contributed by atoms with E-state index in [1.807, 2.05) is 0 Å². The van der Waals surface area contributed by atoms with Gasteiger partial charge in [0.05, 0.1) is 18.2 Å². The van der Waals surface area contributed by atoms with E-state index in [2.05, 4.69) is 5.32 Å². The molecule has 0 radical (unpaired) electrons. The summed E-state index contributed by atoms with van der Waals surface area (Å²) in [6.45, 7) is 0. The van der Waals surface area contributed by atoms with Crippen molar-refractivity contribution < 1.29 is 23.8 Å². The molecule has 2 rings (SSSR count). The SMILES string of the molecule is O=C(C[C@H](O)c1cccc(F)c1)Nc1ccc(O)cc1F. The Hall–Kier alpha value is -2.47. The van der Waals surface area contributed by atoms with Crippen molar-refractivity contribution in [1.82, 2.24) is 0 Å². The first-order valence-corrected chi connectivity index (χ1v) is 6.17. The van der Waals surface area contributed by atoms with Gasteiger partial charge in [0.2, 0.25) is 5.91 Å². The highest BCUT2D eigenvalue weighted by Crippen LogP contribution is 2.21. The van der Waals surface area contributed by atoms with Crippen LogP contribution in [-0.2, 0) is 4.79 Å². The highest BCUT2D eigenvalue weighted by molar-refractivity contribution is 5.91. The summed E-state index contributed by atoms with van der Waals surface area (Å²) in [5, 5.41) is 21.2. The van der Waals surface area contributed by atoms with Gasteiger partial charge in [0, 0.05) is 6.07 Å². The van der Waals surface area contributed by atoms with Gasteiger partial charge in [-0.2, -0.15) is 0 Å². The number of carbonyl (C=O) groups excluding carboxylic acids is 1. The lowest BCUT2D eigenvalue weighted by Gasteiger charge is -2.12. The normalized spacial score (nSPS) is 12.0. The van der Waals surface area contributed by atoms with E-state index in [0.717, 1.165) is 12.1 Å². The summed E-state index contributed by atoms with van der Waals surface area (Å²) in [5.74, 6) is -2.19. The van der Waals surface area contributed by atoms with E-state index >= 15 is 0 Å². The second-order valence-electron chi connectivity index (χ2n) is 4.49. The monoisotopic (exact) mass is 293 g/mol. The second-order valence-corrected chi connectivity index (χ2v) is 4.49. The first-order valence-electron chi connectivity index (χ1n) is 6.17. The lowest BCUT2D eigenvalue weighted by Crippen LogP contribution is -2.16. The third-order valence-electron chi connectivity index (χ3n) is 2.84. The van der Waals surface area contributed by atoms with E-state index < -0.39 is 23.6 Å². The van der Waals surface area contributed by atoms with Crippen LogP contribution in [0.2, 0.25) is 0 Å². The number of amides is 1. The zero-order valence-electron chi connectivity index (χ0n) is 10.9. The first-order chi connectivity index (χ1) is 9.95. The van der Waals surface area contributed by atoms with Gasteiger partial charge in [0.15, 0.2) is 0 Å². The van der Waals surface area contributed by atoms with Crippen LogP contribution in [0, 0.1) is 11.6 Å². The number of nitrogens with one attached hydrogen (secondary N) is 1. The maximum Gasteiger partial charge on any atom is 0.227 e. The van der Waals surface area contributed by atoms with Crippen molar-refractivity contribution in [2.24, 2.45) is 0 Å². The van der Waals surface area contributed by atoms with Crippen molar-refractivity contribution >= 4 is 11.6 Å². The van der Waals surface area contributed by atoms with E-state index in [1.165, 1.54) is 30.3 Å². The summed E-state index contributed by atoms with van der Waals surface area (Å²) in [6, 6.07) is 8.55. The fourth-order valence-corrected chi connectivity index (χ4v) is 1.81. The van der Waals surface area contributed by atoms with Gasteiger partial charge in [0.25, 0.3) is 0 Å². The number of hydrogen-bond acceptors (Lipinski definition) is 3. The fraction of sp³-hybridized carbons (Fsp3) is 0.133. The lowest BCUT2D eigenvalue weighted by molar-refractivity contribution is -0.118. The molecule has 1 amide bonds. The summed E-state index contributed by atoms with van der Waals surface area (Å²) in [6.07, 6.45) is -1.54. The molecule has 0 unspecified atom stereocenters. The average molecular weight is 293 g/mol. The number of carbonyl (C=O) groups is 1. The maximum absolute atomic E-state index is 13.4. The molecule has 0 saturated carbocycles. The van der Waals surface area contributed by atoms with Crippen LogP contribution in [0.4, 0.5) is 14.5 Å². The summed E-state index contributed by atoms with van der Waals surface area (Å²) < 4.78 is 26.5. The number of rotatable bonds is 4. The molecule has 2 aromatic rings. The van der Waals surface area contributed by atoms with E-state index in [1.54, 1.807) is 0 Å². The summed E-state index contributed by atoms with van der Waals surface area (Å²) in [4.78, 5) is 11.7. The Morgan fingerprint density at radius 1 is 1.19 bits per heavy atom. The van der Waals surface area contributed by atoms with Gasteiger partial charge in [0.1, 0.15) is 17.4 Å². The highest BCUT2D eigenvalue weighted by Gasteiger charge is 2.15. The molecule has 0 aliphatic heterocycles. The van der Waals surface area contributed by atoms with Gasteiger partial charge in [-0.15, -0.1) is 0 Å². The molecule has 21 heavy (non-hydrogen) atoms. The number of phenols is 1. The third kappa shape index (κ3) is 4.00. The van der Waals surface area contributed by atoms with Crippen LogP contribution in [0.5, 0.6) is 5.75 Å². The standard InChI is InChI=1S/C15H13F2NO3/c16-10-3-1-2-9(6-10)14(20)8-15(21)18-13-5-4-11(19)7-12(13)17/h1-7,14,19-20H,8H2,(H,18,21)/t14-/m0/s1. The predicted molar refractivity (Wildman–Crippen MR) is 72.7 cm³/mol.